The predicted octanol–water partition coefficient (Wildman–Crippen LogP) is 4.16. The van der Waals surface area contributed by atoms with Crippen LogP contribution >= 0.6 is 0 Å². The SMILES string of the molecule is COc1ccc(C2c3c(-c4ccccc4O)n[nH]c3C(=O)N2CCCOC(C)C)cc1OC. The number of para-hydroxylation sites is 1. The Bertz CT molecular complexity index is 1140. The topological polar surface area (TPSA) is 96.9 Å². The van der Waals surface area contributed by atoms with Crippen molar-refractivity contribution in [2.24, 2.45) is 0 Å². The molecule has 4 rings (SSSR count). The first-order valence-corrected chi connectivity index (χ1v) is 11.0. The lowest BCUT2D eigenvalue weighted by molar-refractivity contribution is 0.0601. The fourth-order valence-electron chi connectivity index (χ4n) is 4.23. The molecule has 1 aliphatic heterocycles. The Labute approximate surface area is 193 Å². The molecule has 0 fully saturated rings. The number of carbonyl (C=O) groups excluding carboxylic acids is 1. The molecule has 8 nitrogen and oxygen atoms in total. The molecule has 8 heteroatoms. The molecule has 0 bridgehead atoms. The van der Waals surface area contributed by atoms with E-state index in [1.54, 1.807) is 32.4 Å². The summed E-state index contributed by atoms with van der Waals surface area (Å²) in [6.07, 6.45) is 0.822. The van der Waals surface area contributed by atoms with Crippen LogP contribution in [0, 0.1) is 0 Å². The van der Waals surface area contributed by atoms with Gasteiger partial charge in [0, 0.05) is 24.3 Å². The molecule has 1 unspecified atom stereocenters. The molecule has 1 atom stereocenters. The van der Waals surface area contributed by atoms with Gasteiger partial charge in [0.2, 0.25) is 0 Å². The Balaban J connectivity index is 1.79. The Kier molecular flexibility index (Phi) is 6.55. The highest BCUT2D eigenvalue weighted by Crippen LogP contribution is 2.45. The monoisotopic (exact) mass is 451 g/mol. The summed E-state index contributed by atoms with van der Waals surface area (Å²) in [6.45, 7) is 5.04. The van der Waals surface area contributed by atoms with E-state index in [-0.39, 0.29) is 17.8 Å². The quantitative estimate of drug-likeness (QED) is 0.474. The summed E-state index contributed by atoms with van der Waals surface area (Å²) in [5, 5.41) is 17.8. The maximum absolute atomic E-state index is 13.4. The number of methoxy groups -OCH3 is 2. The van der Waals surface area contributed by atoms with Gasteiger partial charge in [-0.1, -0.05) is 18.2 Å². The number of benzene rings is 2. The van der Waals surface area contributed by atoms with Crippen LogP contribution in [0.25, 0.3) is 11.3 Å². The number of rotatable bonds is 9. The maximum Gasteiger partial charge on any atom is 0.273 e. The van der Waals surface area contributed by atoms with Gasteiger partial charge in [0.25, 0.3) is 5.91 Å². The number of aromatic hydroxyl groups is 1. The van der Waals surface area contributed by atoms with E-state index in [1.165, 1.54) is 0 Å². The summed E-state index contributed by atoms with van der Waals surface area (Å²) in [6, 6.07) is 12.2. The van der Waals surface area contributed by atoms with Gasteiger partial charge in [-0.05, 0) is 50.1 Å². The first-order chi connectivity index (χ1) is 16.0. The van der Waals surface area contributed by atoms with Crippen molar-refractivity contribution in [1.82, 2.24) is 15.1 Å². The van der Waals surface area contributed by atoms with E-state index in [1.807, 2.05) is 43.0 Å². The van der Waals surface area contributed by atoms with E-state index < -0.39 is 6.04 Å². The molecule has 0 aliphatic carbocycles. The van der Waals surface area contributed by atoms with Crippen molar-refractivity contribution in [3.8, 4) is 28.5 Å². The molecule has 1 aromatic heterocycles. The molecule has 0 saturated heterocycles. The van der Waals surface area contributed by atoms with Gasteiger partial charge in [0.05, 0.1) is 26.4 Å². The lowest BCUT2D eigenvalue weighted by Crippen LogP contribution is -2.31. The van der Waals surface area contributed by atoms with Crippen LogP contribution in [0.3, 0.4) is 0 Å². The van der Waals surface area contributed by atoms with Crippen LogP contribution in [0.4, 0.5) is 0 Å². The Hall–Kier alpha value is -3.52. The summed E-state index contributed by atoms with van der Waals surface area (Å²) in [4.78, 5) is 15.2. The standard InChI is InChI=1S/C25H29N3O5/c1-15(2)33-13-7-12-28-24(16-10-11-19(31-3)20(14-16)32-4)21-22(26-27-23(21)25(28)30)17-8-5-6-9-18(17)29/h5-6,8-11,14-15,24,29H,7,12-13H2,1-4H3,(H,26,27). The van der Waals surface area contributed by atoms with E-state index >= 15 is 0 Å². The zero-order valence-corrected chi connectivity index (χ0v) is 19.3. The number of carbonyl (C=O) groups is 1. The number of phenolic OH excluding ortho intramolecular Hbond substituents is 1. The molecule has 2 N–H and O–H groups in total. The Morgan fingerprint density at radius 3 is 2.58 bits per heavy atom. The van der Waals surface area contributed by atoms with E-state index in [9.17, 15) is 9.90 Å². The van der Waals surface area contributed by atoms with Crippen molar-refractivity contribution >= 4 is 5.91 Å². The van der Waals surface area contributed by atoms with E-state index in [4.69, 9.17) is 14.2 Å². The van der Waals surface area contributed by atoms with Crippen LogP contribution in [0.5, 0.6) is 17.2 Å². The van der Waals surface area contributed by atoms with Crippen molar-refractivity contribution in [3.05, 3.63) is 59.3 Å². The van der Waals surface area contributed by atoms with Crippen molar-refractivity contribution in [3.63, 3.8) is 0 Å². The summed E-state index contributed by atoms with van der Waals surface area (Å²) < 4.78 is 16.6. The minimum absolute atomic E-state index is 0.106. The molecule has 0 radical (unpaired) electrons. The second kappa shape index (κ2) is 9.54. The van der Waals surface area contributed by atoms with Gasteiger partial charge in [-0.15, -0.1) is 0 Å². The second-order valence-corrected chi connectivity index (χ2v) is 8.17. The van der Waals surface area contributed by atoms with Crippen molar-refractivity contribution in [1.29, 1.82) is 0 Å². The van der Waals surface area contributed by atoms with Gasteiger partial charge in [0.15, 0.2) is 11.5 Å². The number of nitrogens with one attached hydrogen (secondary N) is 1. The summed E-state index contributed by atoms with van der Waals surface area (Å²) in [7, 11) is 3.17. The average Bonchev–Trinajstić information content (AvgIpc) is 3.35. The van der Waals surface area contributed by atoms with Crippen molar-refractivity contribution in [2.75, 3.05) is 27.4 Å². The number of H-pyrrole nitrogens is 1. The van der Waals surface area contributed by atoms with Crippen LogP contribution < -0.4 is 9.47 Å². The Morgan fingerprint density at radius 2 is 1.88 bits per heavy atom. The third-order valence-corrected chi connectivity index (χ3v) is 5.74. The van der Waals surface area contributed by atoms with Gasteiger partial charge < -0.3 is 24.2 Å². The largest absolute Gasteiger partial charge is 0.507 e. The summed E-state index contributed by atoms with van der Waals surface area (Å²) >= 11 is 0. The summed E-state index contributed by atoms with van der Waals surface area (Å²) in [5.74, 6) is 1.15. The van der Waals surface area contributed by atoms with Crippen LogP contribution in [0.15, 0.2) is 42.5 Å². The number of nitrogens with zero attached hydrogens (tertiary/aromatic N) is 2. The zero-order valence-electron chi connectivity index (χ0n) is 19.3. The second-order valence-electron chi connectivity index (χ2n) is 8.17. The molecule has 2 heterocycles. The number of phenols is 1. The number of aromatic nitrogens is 2. The fourth-order valence-corrected chi connectivity index (χ4v) is 4.23. The van der Waals surface area contributed by atoms with Crippen molar-refractivity contribution in [2.45, 2.75) is 32.4 Å². The van der Waals surface area contributed by atoms with E-state index in [0.717, 1.165) is 11.1 Å². The van der Waals surface area contributed by atoms with Crippen LogP contribution in [-0.4, -0.2) is 59.6 Å². The first kappa shape index (κ1) is 22.7. The molecule has 33 heavy (non-hydrogen) atoms. The molecular weight excluding hydrogens is 422 g/mol. The number of fused-ring (bicyclic) bond motifs is 1. The highest BCUT2D eigenvalue weighted by molar-refractivity contribution is 6.00. The third-order valence-electron chi connectivity index (χ3n) is 5.74. The zero-order chi connectivity index (χ0) is 23.5. The smallest absolute Gasteiger partial charge is 0.273 e. The summed E-state index contributed by atoms with van der Waals surface area (Å²) in [5.41, 5.74) is 3.15. The van der Waals surface area contributed by atoms with Gasteiger partial charge in [-0.25, -0.2) is 0 Å². The van der Waals surface area contributed by atoms with Crippen LogP contribution in [0.2, 0.25) is 0 Å². The Morgan fingerprint density at radius 1 is 1.12 bits per heavy atom. The van der Waals surface area contributed by atoms with Gasteiger partial charge in [0.1, 0.15) is 17.1 Å². The molecule has 174 valence electrons. The number of hydrogen-bond acceptors (Lipinski definition) is 6. The van der Waals surface area contributed by atoms with Crippen LogP contribution in [-0.2, 0) is 4.74 Å². The molecule has 2 aromatic carbocycles. The number of hydrogen-bond donors (Lipinski definition) is 2. The highest BCUT2D eigenvalue weighted by atomic mass is 16.5. The fraction of sp³-hybridized carbons (Fsp3) is 0.360. The third kappa shape index (κ3) is 4.26. The average molecular weight is 452 g/mol. The van der Waals surface area contributed by atoms with E-state index in [0.29, 0.717) is 48.0 Å². The predicted molar refractivity (Wildman–Crippen MR) is 124 cm³/mol. The lowest BCUT2D eigenvalue weighted by Gasteiger charge is -2.27. The normalized spacial score (nSPS) is 15.2. The van der Waals surface area contributed by atoms with Gasteiger partial charge in [-0.2, -0.15) is 5.10 Å². The number of aromatic amines is 1. The molecule has 3 aromatic rings. The van der Waals surface area contributed by atoms with Crippen molar-refractivity contribution < 1.29 is 24.1 Å². The molecule has 0 saturated carbocycles. The van der Waals surface area contributed by atoms with Gasteiger partial charge >= 0.3 is 0 Å². The van der Waals surface area contributed by atoms with Gasteiger partial charge in [-0.3, -0.25) is 9.89 Å². The molecule has 1 amide bonds. The minimum atomic E-state index is -0.403. The van der Waals surface area contributed by atoms with Crippen LogP contribution in [0.1, 0.15) is 47.9 Å². The highest BCUT2D eigenvalue weighted by Gasteiger charge is 2.42. The maximum atomic E-state index is 13.4. The molecular formula is C25H29N3O5. The minimum Gasteiger partial charge on any atom is -0.507 e. The molecule has 0 spiro atoms. The first-order valence-electron chi connectivity index (χ1n) is 11.0. The van der Waals surface area contributed by atoms with E-state index in [2.05, 4.69) is 10.2 Å². The molecule has 1 aliphatic rings. The number of ether oxygens (including phenoxy) is 3. The lowest BCUT2D eigenvalue weighted by atomic mass is 9.95. The number of amides is 1.